The number of carbonyl (C=O) groups excluding carboxylic acids is 1. The Balaban J connectivity index is 2.03. The Hall–Kier alpha value is -1.43. The van der Waals surface area contributed by atoms with Gasteiger partial charge in [-0.05, 0) is 25.7 Å². The van der Waals surface area contributed by atoms with Crippen molar-refractivity contribution in [2.24, 2.45) is 5.16 Å². The first-order chi connectivity index (χ1) is 7.79. The van der Waals surface area contributed by atoms with Gasteiger partial charge in [-0.3, -0.25) is 4.79 Å². The molecule has 2 N–H and O–H groups in total. The van der Waals surface area contributed by atoms with Crippen LogP contribution >= 0.6 is 11.3 Å². The number of anilines is 1. The summed E-state index contributed by atoms with van der Waals surface area (Å²) in [6.07, 6.45) is 5.14. The molecule has 1 fully saturated rings. The summed E-state index contributed by atoms with van der Waals surface area (Å²) in [5, 5.41) is 5.96. The number of carbonyl (C=O) groups is 1. The van der Waals surface area contributed by atoms with E-state index in [1.54, 1.807) is 5.38 Å². The monoisotopic (exact) mass is 239 g/mol. The van der Waals surface area contributed by atoms with Crippen LogP contribution in [0, 0.1) is 0 Å². The molecule has 1 saturated carbocycles. The first-order valence-electron chi connectivity index (χ1n) is 5.20. The van der Waals surface area contributed by atoms with Gasteiger partial charge in [-0.2, -0.15) is 0 Å². The van der Waals surface area contributed by atoms with E-state index in [1.165, 1.54) is 24.2 Å². The number of hydrogen-bond acceptors (Lipinski definition) is 6. The summed E-state index contributed by atoms with van der Waals surface area (Å²) < 4.78 is 0. The number of nitrogens with zero attached hydrogens (tertiary/aromatic N) is 2. The van der Waals surface area contributed by atoms with Gasteiger partial charge >= 0.3 is 0 Å². The number of thiazole rings is 1. The van der Waals surface area contributed by atoms with E-state index in [0.717, 1.165) is 12.8 Å². The number of oxime groups is 1. The third-order valence-electron chi connectivity index (χ3n) is 2.50. The number of aldehydes is 1. The Bertz CT molecular complexity index is 397. The molecule has 0 bridgehead atoms. The predicted octanol–water partition coefficient (Wildman–Crippen LogP) is 1.59. The Morgan fingerprint density at radius 1 is 1.62 bits per heavy atom. The zero-order valence-corrected chi connectivity index (χ0v) is 9.57. The Morgan fingerprint density at radius 2 is 2.38 bits per heavy atom. The second kappa shape index (κ2) is 5.07. The number of aromatic nitrogens is 1. The van der Waals surface area contributed by atoms with Gasteiger partial charge in [0.15, 0.2) is 17.1 Å². The lowest BCUT2D eigenvalue weighted by atomic mass is 10.3. The summed E-state index contributed by atoms with van der Waals surface area (Å²) in [6, 6.07) is 0. The molecule has 0 amide bonds. The quantitative estimate of drug-likeness (QED) is 0.491. The third-order valence-corrected chi connectivity index (χ3v) is 3.17. The van der Waals surface area contributed by atoms with E-state index in [-0.39, 0.29) is 11.8 Å². The molecule has 6 heteroatoms. The van der Waals surface area contributed by atoms with Crippen molar-refractivity contribution in [1.82, 2.24) is 4.98 Å². The van der Waals surface area contributed by atoms with Crippen molar-refractivity contribution in [3.05, 3.63) is 11.1 Å². The highest BCUT2D eigenvalue weighted by molar-refractivity contribution is 7.13. The van der Waals surface area contributed by atoms with Crippen molar-refractivity contribution >= 4 is 28.5 Å². The normalized spacial score (nSPS) is 17.6. The molecule has 2 rings (SSSR count). The van der Waals surface area contributed by atoms with Crippen LogP contribution in [0.15, 0.2) is 10.5 Å². The zero-order valence-electron chi connectivity index (χ0n) is 8.76. The minimum absolute atomic E-state index is 0.144. The fourth-order valence-electron chi connectivity index (χ4n) is 1.66. The molecule has 0 saturated heterocycles. The minimum Gasteiger partial charge on any atom is -0.392 e. The second-order valence-electron chi connectivity index (χ2n) is 3.68. The second-order valence-corrected chi connectivity index (χ2v) is 4.57. The molecule has 1 aromatic rings. The van der Waals surface area contributed by atoms with E-state index in [2.05, 4.69) is 10.1 Å². The van der Waals surface area contributed by atoms with Crippen LogP contribution in [-0.2, 0) is 9.63 Å². The van der Waals surface area contributed by atoms with Gasteiger partial charge in [-0.1, -0.05) is 5.16 Å². The lowest BCUT2D eigenvalue weighted by molar-refractivity contribution is -0.102. The van der Waals surface area contributed by atoms with Gasteiger partial charge in [0.2, 0.25) is 0 Å². The van der Waals surface area contributed by atoms with Crippen molar-refractivity contribution in [3.8, 4) is 0 Å². The van der Waals surface area contributed by atoms with Gasteiger partial charge in [0.05, 0.1) is 0 Å². The first-order valence-corrected chi connectivity index (χ1v) is 6.08. The smallest absolute Gasteiger partial charge is 0.180 e. The van der Waals surface area contributed by atoms with Gasteiger partial charge in [-0.15, -0.1) is 11.3 Å². The molecule has 0 spiro atoms. The number of nitrogen functional groups attached to an aromatic ring is 1. The molecule has 86 valence electrons. The molecule has 0 unspecified atom stereocenters. The molecule has 0 atom stereocenters. The summed E-state index contributed by atoms with van der Waals surface area (Å²) in [5.41, 5.74) is 6.18. The predicted molar refractivity (Wildman–Crippen MR) is 62.5 cm³/mol. The van der Waals surface area contributed by atoms with Crippen molar-refractivity contribution < 1.29 is 9.63 Å². The molecular weight excluding hydrogens is 226 g/mol. The van der Waals surface area contributed by atoms with E-state index in [0.29, 0.717) is 17.1 Å². The van der Waals surface area contributed by atoms with Crippen LogP contribution in [0.5, 0.6) is 0 Å². The average molecular weight is 239 g/mol. The van der Waals surface area contributed by atoms with Crippen molar-refractivity contribution in [1.29, 1.82) is 0 Å². The molecule has 5 nitrogen and oxygen atoms in total. The minimum atomic E-state index is 0.144. The molecule has 1 aromatic heterocycles. The van der Waals surface area contributed by atoms with Crippen LogP contribution in [0.1, 0.15) is 31.4 Å². The van der Waals surface area contributed by atoms with Gasteiger partial charge in [-0.25, -0.2) is 4.98 Å². The maximum absolute atomic E-state index is 10.8. The maximum Gasteiger partial charge on any atom is 0.180 e. The van der Waals surface area contributed by atoms with Crippen LogP contribution in [0.3, 0.4) is 0 Å². The van der Waals surface area contributed by atoms with E-state index < -0.39 is 0 Å². The van der Waals surface area contributed by atoms with Gasteiger partial charge in [0.25, 0.3) is 0 Å². The lowest BCUT2D eigenvalue weighted by Gasteiger charge is -2.06. The Labute approximate surface area is 97.3 Å². The third kappa shape index (κ3) is 2.57. The largest absolute Gasteiger partial charge is 0.392 e. The number of nitrogens with two attached hydrogens (primary N) is 1. The van der Waals surface area contributed by atoms with Crippen molar-refractivity contribution in [2.45, 2.75) is 31.8 Å². The molecule has 1 heterocycles. The van der Waals surface area contributed by atoms with Crippen LogP contribution in [0.25, 0.3) is 0 Å². The zero-order chi connectivity index (χ0) is 11.4. The molecule has 0 radical (unpaired) electrons. The van der Waals surface area contributed by atoms with Crippen molar-refractivity contribution in [3.63, 3.8) is 0 Å². The van der Waals surface area contributed by atoms with E-state index in [9.17, 15) is 4.79 Å². The topological polar surface area (TPSA) is 77.6 Å². The lowest BCUT2D eigenvalue weighted by Crippen LogP contribution is -2.09. The van der Waals surface area contributed by atoms with Crippen LogP contribution in [0.2, 0.25) is 0 Å². The highest BCUT2D eigenvalue weighted by atomic mass is 32.1. The van der Waals surface area contributed by atoms with E-state index >= 15 is 0 Å². The van der Waals surface area contributed by atoms with Gasteiger partial charge < -0.3 is 10.6 Å². The standard InChI is InChI=1S/C10H13N3O2S/c11-10-12-9(6-16-10)8(5-14)13-15-7-3-1-2-4-7/h5-7H,1-4H2,(H2,11,12)/b13-8+. The molecular formula is C10H13N3O2S. The maximum atomic E-state index is 10.8. The van der Waals surface area contributed by atoms with Crippen molar-refractivity contribution in [2.75, 3.05) is 5.73 Å². The highest BCUT2D eigenvalue weighted by Gasteiger charge is 2.17. The van der Waals surface area contributed by atoms with Crippen LogP contribution in [-0.4, -0.2) is 23.1 Å². The van der Waals surface area contributed by atoms with Crippen LogP contribution < -0.4 is 5.73 Å². The molecule has 16 heavy (non-hydrogen) atoms. The van der Waals surface area contributed by atoms with Crippen LogP contribution in [0.4, 0.5) is 5.13 Å². The summed E-state index contributed by atoms with van der Waals surface area (Å²) in [7, 11) is 0. The summed E-state index contributed by atoms with van der Waals surface area (Å²) in [5.74, 6) is 0. The molecule has 1 aliphatic carbocycles. The SMILES string of the molecule is Nc1nc(/C(C=O)=N/OC2CCCC2)cs1. The van der Waals surface area contributed by atoms with Gasteiger partial charge in [0.1, 0.15) is 11.8 Å². The van der Waals surface area contributed by atoms with E-state index in [1.807, 2.05) is 0 Å². The summed E-state index contributed by atoms with van der Waals surface area (Å²) in [6.45, 7) is 0. The highest BCUT2D eigenvalue weighted by Crippen LogP contribution is 2.21. The fourth-order valence-corrected chi connectivity index (χ4v) is 2.22. The summed E-state index contributed by atoms with van der Waals surface area (Å²) in [4.78, 5) is 20.1. The fraction of sp³-hybridized carbons (Fsp3) is 0.500. The van der Waals surface area contributed by atoms with Gasteiger partial charge in [0, 0.05) is 5.38 Å². The molecule has 0 aromatic carbocycles. The average Bonchev–Trinajstić information content (AvgIpc) is 2.91. The first kappa shape index (κ1) is 11.1. The summed E-state index contributed by atoms with van der Waals surface area (Å²) >= 11 is 1.28. The van der Waals surface area contributed by atoms with E-state index in [4.69, 9.17) is 10.6 Å². The Morgan fingerprint density at radius 3 is 2.94 bits per heavy atom. The molecule has 0 aliphatic heterocycles. The Kier molecular flexibility index (Phi) is 3.51. The number of hydrogen-bond donors (Lipinski definition) is 1. The number of rotatable bonds is 4. The molecule has 1 aliphatic rings.